The normalized spacial score (nSPS) is 14.1. The summed E-state index contributed by atoms with van der Waals surface area (Å²) >= 11 is 0. The maximum absolute atomic E-state index is 12.7. The molecule has 1 aliphatic heterocycles. The summed E-state index contributed by atoms with van der Waals surface area (Å²) in [6.45, 7) is 2.20. The predicted octanol–water partition coefficient (Wildman–Crippen LogP) is 1.89. The van der Waals surface area contributed by atoms with E-state index < -0.39 is 27.8 Å². The van der Waals surface area contributed by atoms with Gasteiger partial charge in [-0.3, -0.25) is 4.79 Å². The second-order valence-electron chi connectivity index (χ2n) is 6.46. The topological polar surface area (TPSA) is 110 Å². The lowest BCUT2D eigenvalue weighted by Crippen LogP contribution is -2.34. The number of sulfone groups is 1. The number of amides is 1. The Bertz CT molecular complexity index is 1030. The minimum atomic E-state index is -3.49. The zero-order chi connectivity index (χ0) is 19.8. The second kappa shape index (κ2) is 7.03. The Kier molecular flexibility index (Phi) is 4.93. The van der Waals surface area contributed by atoms with E-state index in [0.29, 0.717) is 29.9 Å². The molecule has 7 nitrogen and oxygen atoms in total. The van der Waals surface area contributed by atoms with Gasteiger partial charge in [0.25, 0.3) is 5.91 Å². The minimum Gasteiger partial charge on any atom is -0.493 e. The summed E-state index contributed by atoms with van der Waals surface area (Å²) in [7, 11) is -3.49. The highest BCUT2D eigenvalue weighted by molar-refractivity contribution is 7.90. The lowest BCUT2D eigenvalue weighted by Gasteiger charge is -2.17. The van der Waals surface area contributed by atoms with Crippen LogP contribution in [0.5, 0.6) is 5.75 Å². The molecule has 0 saturated carbocycles. The first-order valence-corrected chi connectivity index (χ1v) is 10.2. The Labute approximate surface area is 156 Å². The Morgan fingerprint density at radius 3 is 2.59 bits per heavy atom. The molecule has 0 fully saturated rings. The molecule has 2 aromatic rings. The molecular formula is C19H19NO6S. The molecule has 0 aliphatic carbocycles. The van der Waals surface area contributed by atoms with Crippen molar-refractivity contribution >= 4 is 21.7 Å². The molecule has 3 rings (SSSR count). The number of carboxylic acids is 1. The third-order valence-corrected chi connectivity index (χ3v) is 5.56. The van der Waals surface area contributed by atoms with Gasteiger partial charge in [-0.25, -0.2) is 13.2 Å². The molecule has 2 N–H and O–H groups in total. The number of aliphatic carboxylic acids is 1. The number of carboxylic acid groups (broad SMARTS) is 1. The van der Waals surface area contributed by atoms with Crippen molar-refractivity contribution in [1.82, 2.24) is 5.32 Å². The lowest BCUT2D eigenvalue weighted by atomic mass is 10.0. The van der Waals surface area contributed by atoms with Gasteiger partial charge in [0.2, 0.25) is 0 Å². The van der Waals surface area contributed by atoms with Crippen molar-refractivity contribution in [3.05, 3.63) is 58.7 Å². The van der Waals surface area contributed by atoms with Crippen LogP contribution >= 0.6 is 0 Å². The average molecular weight is 389 g/mol. The van der Waals surface area contributed by atoms with E-state index in [9.17, 15) is 23.1 Å². The quantitative estimate of drug-likeness (QED) is 0.808. The number of fused-ring (bicyclic) bond motifs is 1. The van der Waals surface area contributed by atoms with Crippen molar-refractivity contribution < 1.29 is 27.9 Å². The van der Waals surface area contributed by atoms with Crippen LogP contribution in [0.1, 0.15) is 33.1 Å². The van der Waals surface area contributed by atoms with Gasteiger partial charge in [-0.15, -0.1) is 0 Å². The molecule has 27 heavy (non-hydrogen) atoms. The molecule has 0 bridgehead atoms. The molecule has 8 heteroatoms. The third-order valence-electron chi connectivity index (χ3n) is 4.45. The number of hydrogen-bond acceptors (Lipinski definition) is 5. The number of benzene rings is 2. The average Bonchev–Trinajstić information content (AvgIpc) is 3.06. The summed E-state index contributed by atoms with van der Waals surface area (Å²) in [5.41, 5.74) is 1.99. The summed E-state index contributed by atoms with van der Waals surface area (Å²) in [4.78, 5) is 24.4. The van der Waals surface area contributed by atoms with E-state index in [2.05, 4.69) is 5.32 Å². The van der Waals surface area contributed by atoms with Crippen molar-refractivity contribution in [2.24, 2.45) is 0 Å². The zero-order valence-corrected chi connectivity index (χ0v) is 15.7. The van der Waals surface area contributed by atoms with Gasteiger partial charge in [-0.1, -0.05) is 12.1 Å². The van der Waals surface area contributed by atoms with Crippen LogP contribution in [-0.2, 0) is 21.1 Å². The molecule has 0 saturated heterocycles. The fourth-order valence-corrected chi connectivity index (χ4v) is 3.61. The predicted molar refractivity (Wildman–Crippen MR) is 97.8 cm³/mol. The molecule has 1 amide bonds. The van der Waals surface area contributed by atoms with Gasteiger partial charge >= 0.3 is 5.97 Å². The van der Waals surface area contributed by atoms with Crippen LogP contribution in [-0.4, -0.2) is 38.3 Å². The van der Waals surface area contributed by atoms with E-state index in [1.165, 1.54) is 18.2 Å². The largest absolute Gasteiger partial charge is 0.493 e. The van der Waals surface area contributed by atoms with E-state index in [1.807, 2.05) is 0 Å². The van der Waals surface area contributed by atoms with Crippen molar-refractivity contribution in [3.63, 3.8) is 0 Å². The number of ether oxygens (including phenoxy) is 1. The first kappa shape index (κ1) is 18.9. The van der Waals surface area contributed by atoms with Crippen LogP contribution in [0.25, 0.3) is 0 Å². The molecule has 1 atom stereocenters. The fraction of sp³-hybridized carbons (Fsp3) is 0.263. The van der Waals surface area contributed by atoms with Crippen molar-refractivity contribution in [1.29, 1.82) is 0 Å². The van der Waals surface area contributed by atoms with Crippen LogP contribution in [0.15, 0.2) is 41.3 Å². The Hall–Kier alpha value is -2.87. The van der Waals surface area contributed by atoms with Gasteiger partial charge in [0, 0.05) is 18.2 Å². The summed E-state index contributed by atoms with van der Waals surface area (Å²) in [5, 5.41) is 12.1. The highest BCUT2D eigenvalue weighted by Gasteiger charge is 2.26. The summed E-state index contributed by atoms with van der Waals surface area (Å²) in [5.74, 6) is -1.15. The first-order chi connectivity index (χ1) is 12.7. The maximum Gasteiger partial charge on any atom is 0.330 e. The monoisotopic (exact) mass is 389 g/mol. The molecule has 2 aromatic carbocycles. The maximum atomic E-state index is 12.7. The molecule has 142 valence electrons. The van der Waals surface area contributed by atoms with Crippen LogP contribution in [0.4, 0.5) is 0 Å². The van der Waals surface area contributed by atoms with E-state index >= 15 is 0 Å². The number of aryl methyl sites for hydroxylation is 1. The Morgan fingerprint density at radius 1 is 1.19 bits per heavy atom. The Morgan fingerprint density at radius 2 is 1.93 bits per heavy atom. The van der Waals surface area contributed by atoms with Gasteiger partial charge < -0.3 is 15.2 Å². The molecule has 1 aliphatic rings. The minimum absolute atomic E-state index is 0.000181. The molecule has 0 radical (unpaired) electrons. The van der Waals surface area contributed by atoms with Crippen LogP contribution in [0, 0.1) is 6.92 Å². The van der Waals surface area contributed by atoms with Gasteiger partial charge in [0.05, 0.1) is 11.5 Å². The SMILES string of the molecule is Cc1ccc(S(C)(=O)=O)cc1C(=O)NC(C(=O)O)c1ccc2c(c1)CCO2. The molecule has 1 unspecified atom stereocenters. The van der Waals surface area contributed by atoms with E-state index in [-0.39, 0.29) is 10.5 Å². The summed E-state index contributed by atoms with van der Waals surface area (Å²) < 4.78 is 28.9. The van der Waals surface area contributed by atoms with Crippen molar-refractivity contribution in [3.8, 4) is 5.75 Å². The molecule has 0 aromatic heterocycles. The van der Waals surface area contributed by atoms with E-state index in [0.717, 1.165) is 11.8 Å². The van der Waals surface area contributed by atoms with Gasteiger partial charge in [0.15, 0.2) is 15.9 Å². The standard InChI is InChI=1S/C19H19NO6S/c1-11-3-5-14(27(2,24)25)10-15(11)18(21)20-17(19(22)23)13-4-6-16-12(9-13)7-8-26-16/h3-6,9-10,17H,7-8H2,1-2H3,(H,20,21)(H,22,23). The Balaban J connectivity index is 1.92. The first-order valence-electron chi connectivity index (χ1n) is 8.27. The van der Waals surface area contributed by atoms with Crippen molar-refractivity contribution in [2.45, 2.75) is 24.3 Å². The van der Waals surface area contributed by atoms with Crippen LogP contribution in [0.2, 0.25) is 0 Å². The number of nitrogens with one attached hydrogen (secondary N) is 1. The third kappa shape index (κ3) is 3.95. The van der Waals surface area contributed by atoms with Crippen LogP contribution in [0.3, 0.4) is 0 Å². The summed E-state index contributed by atoms with van der Waals surface area (Å²) in [6, 6.07) is 7.93. The molecular weight excluding hydrogens is 370 g/mol. The number of carbonyl (C=O) groups is 2. The van der Waals surface area contributed by atoms with Gasteiger partial charge in [-0.2, -0.15) is 0 Å². The second-order valence-corrected chi connectivity index (χ2v) is 8.47. The van der Waals surface area contributed by atoms with E-state index in [1.54, 1.807) is 25.1 Å². The number of rotatable bonds is 5. The van der Waals surface area contributed by atoms with Crippen molar-refractivity contribution in [2.75, 3.05) is 12.9 Å². The molecule has 1 heterocycles. The summed E-state index contributed by atoms with van der Waals surface area (Å²) in [6.07, 6.45) is 1.73. The van der Waals surface area contributed by atoms with Gasteiger partial charge in [-0.05, 0) is 47.9 Å². The number of carbonyl (C=O) groups excluding carboxylic acids is 1. The number of hydrogen-bond donors (Lipinski definition) is 2. The van der Waals surface area contributed by atoms with Gasteiger partial charge in [0.1, 0.15) is 5.75 Å². The highest BCUT2D eigenvalue weighted by Crippen LogP contribution is 2.28. The lowest BCUT2D eigenvalue weighted by molar-refractivity contribution is -0.139. The highest BCUT2D eigenvalue weighted by atomic mass is 32.2. The van der Waals surface area contributed by atoms with E-state index in [4.69, 9.17) is 4.74 Å². The fourth-order valence-electron chi connectivity index (χ4n) is 2.96. The zero-order valence-electron chi connectivity index (χ0n) is 14.9. The smallest absolute Gasteiger partial charge is 0.330 e. The van der Waals surface area contributed by atoms with Crippen LogP contribution < -0.4 is 10.1 Å². The molecule has 0 spiro atoms.